The SMILES string of the molecule is CCCCNc1cc(N2CCC(C3OCCO3)CC2)nc(N)n1. The monoisotopic (exact) mass is 321 g/mol. The van der Waals surface area contributed by atoms with Gasteiger partial charge in [-0.05, 0) is 19.3 Å². The van der Waals surface area contributed by atoms with Gasteiger partial charge >= 0.3 is 0 Å². The van der Waals surface area contributed by atoms with Crippen molar-refractivity contribution in [3.63, 3.8) is 0 Å². The molecule has 7 heteroatoms. The lowest BCUT2D eigenvalue weighted by Crippen LogP contribution is -2.38. The van der Waals surface area contributed by atoms with Crippen LogP contribution in [0.4, 0.5) is 17.6 Å². The van der Waals surface area contributed by atoms with E-state index < -0.39 is 0 Å². The summed E-state index contributed by atoms with van der Waals surface area (Å²) in [5.41, 5.74) is 5.87. The van der Waals surface area contributed by atoms with E-state index in [1.807, 2.05) is 6.07 Å². The maximum Gasteiger partial charge on any atom is 0.223 e. The summed E-state index contributed by atoms with van der Waals surface area (Å²) in [6.45, 7) is 6.41. The molecule has 1 aromatic rings. The van der Waals surface area contributed by atoms with Crippen molar-refractivity contribution < 1.29 is 9.47 Å². The molecule has 2 aliphatic rings. The Bertz CT molecular complexity index is 499. The highest BCUT2D eigenvalue weighted by Gasteiger charge is 2.30. The van der Waals surface area contributed by atoms with Crippen molar-refractivity contribution >= 4 is 17.6 Å². The highest BCUT2D eigenvalue weighted by Crippen LogP contribution is 2.28. The smallest absolute Gasteiger partial charge is 0.223 e. The molecule has 0 amide bonds. The zero-order valence-corrected chi connectivity index (χ0v) is 13.8. The standard InChI is InChI=1S/C16H27N5O2/c1-2-3-6-18-13-11-14(20-16(17)19-13)21-7-4-12(5-8-21)15-22-9-10-23-15/h11-12,15H,2-10H2,1H3,(H3,17,18,19,20). The Morgan fingerprint density at radius 3 is 2.70 bits per heavy atom. The van der Waals surface area contributed by atoms with Crippen LogP contribution in [0.1, 0.15) is 32.6 Å². The summed E-state index contributed by atoms with van der Waals surface area (Å²) in [7, 11) is 0. The minimum Gasteiger partial charge on any atom is -0.370 e. The van der Waals surface area contributed by atoms with Crippen molar-refractivity contribution in [1.29, 1.82) is 0 Å². The van der Waals surface area contributed by atoms with Crippen LogP contribution in [0.15, 0.2) is 6.07 Å². The summed E-state index contributed by atoms with van der Waals surface area (Å²) in [4.78, 5) is 10.9. The number of anilines is 3. The molecule has 2 aliphatic heterocycles. The van der Waals surface area contributed by atoms with Crippen molar-refractivity contribution in [3.8, 4) is 0 Å². The fourth-order valence-electron chi connectivity index (χ4n) is 3.15. The summed E-state index contributed by atoms with van der Waals surface area (Å²) in [6.07, 6.45) is 4.35. The van der Waals surface area contributed by atoms with Crippen LogP contribution in [-0.2, 0) is 9.47 Å². The average molecular weight is 321 g/mol. The first-order chi connectivity index (χ1) is 11.3. The molecule has 3 rings (SSSR count). The molecule has 3 N–H and O–H groups in total. The molecule has 0 atom stereocenters. The lowest BCUT2D eigenvalue weighted by molar-refractivity contribution is -0.0889. The van der Waals surface area contributed by atoms with Gasteiger partial charge in [-0.15, -0.1) is 0 Å². The molecular weight excluding hydrogens is 294 g/mol. The second kappa shape index (κ2) is 7.79. The van der Waals surface area contributed by atoms with Gasteiger partial charge in [0.05, 0.1) is 13.2 Å². The highest BCUT2D eigenvalue weighted by atomic mass is 16.7. The summed E-state index contributed by atoms with van der Waals surface area (Å²) < 4.78 is 11.3. The number of nitrogens with one attached hydrogen (secondary N) is 1. The number of piperidine rings is 1. The average Bonchev–Trinajstić information content (AvgIpc) is 3.09. The van der Waals surface area contributed by atoms with Gasteiger partial charge < -0.3 is 25.4 Å². The molecule has 2 saturated heterocycles. The molecule has 1 aromatic heterocycles. The van der Waals surface area contributed by atoms with E-state index in [1.165, 1.54) is 0 Å². The minimum absolute atomic E-state index is 0.0149. The molecule has 128 valence electrons. The van der Waals surface area contributed by atoms with E-state index in [4.69, 9.17) is 15.2 Å². The van der Waals surface area contributed by atoms with Gasteiger partial charge in [-0.25, -0.2) is 0 Å². The number of hydrogen-bond acceptors (Lipinski definition) is 7. The van der Waals surface area contributed by atoms with Crippen molar-refractivity contribution in [1.82, 2.24) is 9.97 Å². The molecular formula is C16H27N5O2. The summed E-state index contributed by atoms with van der Waals surface area (Å²) >= 11 is 0. The summed E-state index contributed by atoms with van der Waals surface area (Å²) in [5.74, 6) is 2.52. The number of rotatable bonds is 6. The predicted molar refractivity (Wildman–Crippen MR) is 90.5 cm³/mol. The Morgan fingerprint density at radius 2 is 2.00 bits per heavy atom. The Kier molecular flexibility index (Phi) is 5.51. The van der Waals surface area contributed by atoms with Crippen LogP contribution < -0.4 is 16.0 Å². The number of ether oxygens (including phenoxy) is 2. The summed E-state index contributed by atoms with van der Waals surface area (Å²) in [5, 5.41) is 3.32. The molecule has 2 fully saturated rings. The third-order valence-electron chi connectivity index (χ3n) is 4.46. The lowest BCUT2D eigenvalue weighted by Gasteiger charge is -2.34. The minimum atomic E-state index is -0.0149. The zero-order chi connectivity index (χ0) is 16.1. The second-order valence-corrected chi connectivity index (χ2v) is 6.18. The van der Waals surface area contributed by atoms with Gasteiger partial charge in [-0.1, -0.05) is 13.3 Å². The van der Waals surface area contributed by atoms with E-state index in [1.54, 1.807) is 0 Å². The van der Waals surface area contributed by atoms with Gasteiger partial charge in [0, 0.05) is 31.6 Å². The fourth-order valence-corrected chi connectivity index (χ4v) is 3.15. The van der Waals surface area contributed by atoms with Crippen molar-refractivity contribution in [3.05, 3.63) is 6.07 Å². The first-order valence-corrected chi connectivity index (χ1v) is 8.63. The number of unbranched alkanes of at least 4 members (excludes halogenated alkanes) is 1. The van der Waals surface area contributed by atoms with Gasteiger partial charge in [0.1, 0.15) is 11.6 Å². The first-order valence-electron chi connectivity index (χ1n) is 8.63. The number of nitrogens with zero attached hydrogens (tertiary/aromatic N) is 3. The Morgan fingerprint density at radius 1 is 1.26 bits per heavy atom. The molecule has 0 saturated carbocycles. The van der Waals surface area contributed by atoms with Crippen molar-refractivity contribution in [2.24, 2.45) is 5.92 Å². The fraction of sp³-hybridized carbons (Fsp3) is 0.750. The third kappa shape index (κ3) is 4.23. The van der Waals surface area contributed by atoms with Crippen LogP contribution in [-0.4, -0.2) is 49.1 Å². The molecule has 3 heterocycles. The lowest BCUT2D eigenvalue weighted by atomic mass is 9.96. The molecule has 23 heavy (non-hydrogen) atoms. The molecule has 0 aromatic carbocycles. The molecule has 0 spiro atoms. The quantitative estimate of drug-likeness (QED) is 0.773. The van der Waals surface area contributed by atoms with E-state index in [0.29, 0.717) is 11.9 Å². The maximum absolute atomic E-state index is 5.87. The molecule has 0 bridgehead atoms. The van der Waals surface area contributed by atoms with Crippen LogP contribution in [0.2, 0.25) is 0 Å². The summed E-state index contributed by atoms with van der Waals surface area (Å²) in [6, 6.07) is 1.99. The van der Waals surface area contributed by atoms with E-state index in [-0.39, 0.29) is 6.29 Å². The van der Waals surface area contributed by atoms with Crippen LogP contribution >= 0.6 is 0 Å². The number of nitrogens with two attached hydrogens (primary N) is 1. The maximum atomic E-state index is 5.87. The Balaban J connectivity index is 1.58. The number of hydrogen-bond donors (Lipinski definition) is 2. The predicted octanol–water partition coefficient (Wildman–Crippen LogP) is 1.86. The van der Waals surface area contributed by atoms with E-state index >= 15 is 0 Å². The van der Waals surface area contributed by atoms with Crippen LogP contribution in [0.25, 0.3) is 0 Å². The zero-order valence-electron chi connectivity index (χ0n) is 13.8. The largest absolute Gasteiger partial charge is 0.370 e. The van der Waals surface area contributed by atoms with Crippen LogP contribution in [0, 0.1) is 5.92 Å². The molecule has 0 unspecified atom stereocenters. The second-order valence-electron chi connectivity index (χ2n) is 6.18. The first kappa shape index (κ1) is 16.3. The Hall–Kier alpha value is -1.60. The van der Waals surface area contributed by atoms with Gasteiger partial charge in [0.2, 0.25) is 5.95 Å². The van der Waals surface area contributed by atoms with Crippen molar-refractivity contribution in [2.45, 2.75) is 38.9 Å². The number of aromatic nitrogens is 2. The van der Waals surface area contributed by atoms with Gasteiger partial charge in [-0.2, -0.15) is 9.97 Å². The number of nitrogen functional groups attached to an aromatic ring is 1. The molecule has 0 aliphatic carbocycles. The normalized spacial score (nSPS) is 20.1. The van der Waals surface area contributed by atoms with Crippen LogP contribution in [0.3, 0.4) is 0 Å². The van der Waals surface area contributed by atoms with Crippen molar-refractivity contribution in [2.75, 3.05) is 48.8 Å². The Labute approximate surface area is 137 Å². The topological polar surface area (TPSA) is 85.5 Å². The van der Waals surface area contributed by atoms with E-state index in [2.05, 4.69) is 27.1 Å². The third-order valence-corrected chi connectivity index (χ3v) is 4.46. The molecule has 0 radical (unpaired) electrons. The highest BCUT2D eigenvalue weighted by molar-refractivity contribution is 5.52. The van der Waals surface area contributed by atoms with E-state index in [0.717, 1.165) is 70.2 Å². The molecule has 7 nitrogen and oxygen atoms in total. The van der Waals surface area contributed by atoms with Gasteiger partial charge in [-0.3, -0.25) is 0 Å². The van der Waals surface area contributed by atoms with Gasteiger partial charge in [0.15, 0.2) is 6.29 Å². The van der Waals surface area contributed by atoms with E-state index in [9.17, 15) is 0 Å². The van der Waals surface area contributed by atoms with Crippen LogP contribution in [0.5, 0.6) is 0 Å². The van der Waals surface area contributed by atoms with Gasteiger partial charge in [0.25, 0.3) is 0 Å².